The molecule has 3 amide bonds. The number of carboxylic acids is 1. The Morgan fingerprint density at radius 3 is 2.30 bits per heavy atom. The Balaban J connectivity index is 4.83. The zero-order chi connectivity index (χ0) is 23.1. The third-order valence-electron chi connectivity index (χ3n) is 3.78. The van der Waals surface area contributed by atoms with E-state index in [9.17, 15) is 19.2 Å². The summed E-state index contributed by atoms with van der Waals surface area (Å²) in [4.78, 5) is 51.4. The molecule has 3 unspecified atom stereocenters. The fourth-order valence-corrected chi connectivity index (χ4v) is 2.80. The van der Waals surface area contributed by atoms with Gasteiger partial charge in [0.1, 0.15) is 12.1 Å². The molecular formula is C16H31N7O5S2. The van der Waals surface area contributed by atoms with E-state index in [1.807, 2.05) is 6.26 Å². The molecule has 0 aliphatic heterocycles. The second-order valence-electron chi connectivity index (χ2n) is 6.26. The molecule has 0 saturated heterocycles. The van der Waals surface area contributed by atoms with E-state index in [4.69, 9.17) is 22.3 Å². The fraction of sp³-hybridized carbons (Fsp3) is 0.688. The van der Waals surface area contributed by atoms with Crippen molar-refractivity contribution in [3.8, 4) is 0 Å². The minimum absolute atomic E-state index is 0.0865. The number of aliphatic imine (C=N–C) groups is 1. The lowest BCUT2D eigenvalue weighted by Crippen LogP contribution is -2.53. The Labute approximate surface area is 184 Å². The van der Waals surface area contributed by atoms with E-state index in [1.165, 1.54) is 11.8 Å². The lowest BCUT2D eigenvalue weighted by molar-refractivity contribution is -0.141. The largest absolute Gasteiger partial charge is 0.480 e. The first-order valence-corrected chi connectivity index (χ1v) is 11.2. The van der Waals surface area contributed by atoms with Crippen molar-refractivity contribution in [1.29, 1.82) is 0 Å². The van der Waals surface area contributed by atoms with Gasteiger partial charge in [0.2, 0.25) is 17.7 Å². The summed E-state index contributed by atoms with van der Waals surface area (Å²) in [5.74, 6) is -2.46. The lowest BCUT2D eigenvalue weighted by Gasteiger charge is -2.20. The van der Waals surface area contributed by atoms with Crippen LogP contribution in [0.5, 0.6) is 0 Å². The van der Waals surface area contributed by atoms with E-state index in [1.54, 1.807) is 0 Å². The number of rotatable bonds is 15. The predicted octanol–water partition coefficient (Wildman–Crippen LogP) is -2.78. The Kier molecular flexibility index (Phi) is 14.5. The summed E-state index contributed by atoms with van der Waals surface area (Å²) >= 11 is 5.40. The molecule has 0 saturated carbocycles. The molecular weight excluding hydrogens is 434 g/mol. The Hall–Kier alpha value is -2.19. The number of thioether (sulfide) groups is 1. The second kappa shape index (κ2) is 15.6. The predicted molar refractivity (Wildman–Crippen MR) is 119 cm³/mol. The highest BCUT2D eigenvalue weighted by atomic mass is 32.2. The van der Waals surface area contributed by atoms with Crippen molar-refractivity contribution in [2.45, 2.75) is 37.4 Å². The molecule has 0 aromatic rings. The van der Waals surface area contributed by atoms with Crippen LogP contribution in [0.3, 0.4) is 0 Å². The number of hydrogen-bond donors (Lipinski definition) is 8. The number of guanidine groups is 1. The molecule has 0 spiro atoms. The van der Waals surface area contributed by atoms with Crippen LogP contribution in [0.2, 0.25) is 0 Å². The summed E-state index contributed by atoms with van der Waals surface area (Å²) in [6, 6.07) is -2.93. The first-order chi connectivity index (χ1) is 14.1. The quantitative estimate of drug-likeness (QED) is 0.0542. The van der Waals surface area contributed by atoms with Crippen molar-refractivity contribution >= 4 is 54.0 Å². The van der Waals surface area contributed by atoms with Crippen molar-refractivity contribution in [2.75, 3.05) is 30.9 Å². The molecule has 0 fully saturated rings. The van der Waals surface area contributed by atoms with Gasteiger partial charge < -0.3 is 38.3 Å². The molecule has 172 valence electrons. The molecule has 12 nitrogen and oxygen atoms in total. The fourth-order valence-electron chi connectivity index (χ4n) is 2.16. The van der Waals surface area contributed by atoms with Crippen molar-refractivity contribution < 1.29 is 24.3 Å². The van der Waals surface area contributed by atoms with Crippen LogP contribution < -0.4 is 33.2 Å². The molecule has 10 N–H and O–H groups in total. The van der Waals surface area contributed by atoms with Gasteiger partial charge in [-0.3, -0.25) is 19.4 Å². The third kappa shape index (κ3) is 12.4. The highest BCUT2D eigenvalue weighted by molar-refractivity contribution is 7.98. The molecule has 0 heterocycles. The number of nitrogens with zero attached hydrogens (tertiary/aromatic N) is 1. The van der Waals surface area contributed by atoms with Crippen LogP contribution >= 0.6 is 24.4 Å². The van der Waals surface area contributed by atoms with Crippen LogP contribution in [-0.4, -0.2) is 83.7 Å². The maximum Gasteiger partial charge on any atom is 0.326 e. The summed E-state index contributed by atoms with van der Waals surface area (Å²) in [6.45, 7) is -0.197. The number of thiol groups is 1. The van der Waals surface area contributed by atoms with Crippen LogP contribution in [0.25, 0.3) is 0 Å². The molecule has 0 rings (SSSR count). The standard InChI is InChI=1S/C16H31N7O5S2/c1-30-6-4-11(15(27)28)22-12(24)7-21-14(26)10(3-2-5-20-16(18)19)23-13(25)9(17)8-29/h9-11,29H,2-8,17H2,1H3,(H,21,26)(H,22,24)(H,23,25)(H,27,28)(H4,18,19,20). The van der Waals surface area contributed by atoms with Gasteiger partial charge >= 0.3 is 5.97 Å². The number of hydrogen-bond acceptors (Lipinski definition) is 8. The van der Waals surface area contributed by atoms with E-state index in [-0.39, 0.29) is 31.1 Å². The second-order valence-corrected chi connectivity index (χ2v) is 7.61. The number of carbonyl (C=O) groups excluding carboxylic acids is 3. The van der Waals surface area contributed by atoms with Crippen molar-refractivity contribution in [3.63, 3.8) is 0 Å². The van der Waals surface area contributed by atoms with Crippen LogP contribution in [0.15, 0.2) is 4.99 Å². The summed E-state index contributed by atoms with van der Waals surface area (Å²) in [5, 5.41) is 16.4. The highest BCUT2D eigenvalue weighted by Crippen LogP contribution is 2.02. The van der Waals surface area contributed by atoms with Gasteiger partial charge in [-0.05, 0) is 31.3 Å². The minimum atomic E-state index is -1.16. The van der Waals surface area contributed by atoms with Crippen LogP contribution in [-0.2, 0) is 19.2 Å². The molecule has 3 atom stereocenters. The van der Waals surface area contributed by atoms with E-state index < -0.39 is 48.4 Å². The topological polar surface area (TPSA) is 215 Å². The van der Waals surface area contributed by atoms with Gasteiger partial charge in [0.05, 0.1) is 12.6 Å². The average molecular weight is 466 g/mol. The third-order valence-corrected chi connectivity index (χ3v) is 4.82. The molecule has 0 aliphatic carbocycles. The van der Waals surface area contributed by atoms with Gasteiger partial charge in [0, 0.05) is 12.3 Å². The van der Waals surface area contributed by atoms with Crippen molar-refractivity contribution in [3.05, 3.63) is 0 Å². The molecule has 30 heavy (non-hydrogen) atoms. The van der Waals surface area contributed by atoms with Gasteiger partial charge in [-0.1, -0.05) is 0 Å². The summed E-state index contributed by atoms with van der Waals surface area (Å²) in [6.07, 6.45) is 2.65. The van der Waals surface area contributed by atoms with Crippen LogP contribution in [0.4, 0.5) is 0 Å². The Bertz CT molecular complexity index is 617. The SMILES string of the molecule is CSCCC(NC(=O)CNC(=O)C(CCCN=C(N)N)NC(=O)C(N)CS)C(=O)O. The number of nitrogens with two attached hydrogens (primary N) is 3. The van der Waals surface area contributed by atoms with Crippen molar-refractivity contribution in [2.24, 2.45) is 22.2 Å². The highest BCUT2D eigenvalue weighted by Gasteiger charge is 2.24. The van der Waals surface area contributed by atoms with Gasteiger partial charge in [-0.2, -0.15) is 24.4 Å². The first kappa shape index (κ1) is 27.8. The van der Waals surface area contributed by atoms with E-state index in [0.717, 1.165) is 0 Å². The maximum atomic E-state index is 12.4. The number of carboxylic acid groups (broad SMARTS) is 1. The minimum Gasteiger partial charge on any atom is -0.480 e. The first-order valence-electron chi connectivity index (χ1n) is 9.13. The monoisotopic (exact) mass is 465 g/mol. The summed E-state index contributed by atoms with van der Waals surface area (Å²) in [7, 11) is 0. The average Bonchev–Trinajstić information content (AvgIpc) is 2.70. The molecule has 0 aliphatic rings. The molecule has 14 heteroatoms. The molecule has 0 bridgehead atoms. The molecule has 0 aromatic heterocycles. The number of amides is 3. The summed E-state index contributed by atoms with van der Waals surface area (Å²) in [5.41, 5.74) is 16.1. The normalized spacial score (nSPS) is 13.4. The smallest absolute Gasteiger partial charge is 0.326 e. The van der Waals surface area contributed by atoms with E-state index >= 15 is 0 Å². The van der Waals surface area contributed by atoms with Gasteiger partial charge in [-0.15, -0.1) is 0 Å². The van der Waals surface area contributed by atoms with E-state index in [2.05, 4.69) is 33.6 Å². The zero-order valence-corrected chi connectivity index (χ0v) is 18.5. The Morgan fingerprint density at radius 1 is 1.10 bits per heavy atom. The lowest BCUT2D eigenvalue weighted by atomic mass is 10.1. The van der Waals surface area contributed by atoms with Gasteiger partial charge in [0.15, 0.2) is 5.96 Å². The van der Waals surface area contributed by atoms with Crippen molar-refractivity contribution in [1.82, 2.24) is 16.0 Å². The number of nitrogens with one attached hydrogen (secondary N) is 3. The zero-order valence-electron chi connectivity index (χ0n) is 16.8. The molecule has 0 radical (unpaired) electrons. The number of aliphatic carboxylic acids is 1. The number of carbonyl (C=O) groups is 4. The van der Waals surface area contributed by atoms with Crippen LogP contribution in [0, 0.1) is 0 Å². The Morgan fingerprint density at radius 2 is 1.77 bits per heavy atom. The van der Waals surface area contributed by atoms with E-state index in [0.29, 0.717) is 12.2 Å². The molecule has 0 aromatic carbocycles. The van der Waals surface area contributed by atoms with Gasteiger partial charge in [-0.25, -0.2) is 4.79 Å². The maximum absolute atomic E-state index is 12.4. The van der Waals surface area contributed by atoms with Crippen LogP contribution in [0.1, 0.15) is 19.3 Å². The van der Waals surface area contributed by atoms with Gasteiger partial charge in [0.25, 0.3) is 0 Å². The summed E-state index contributed by atoms with van der Waals surface area (Å²) < 4.78 is 0.